The van der Waals surface area contributed by atoms with Crippen molar-refractivity contribution in [3.63, 3.8) is 0 Å². The molecule has 0 spiro atoms. The highest BCUT2D eigenvalue weighted by molar-refractivity contribution is 9.10. The standard InChI is InChI=1S/C14H11BrF3NO/c15-12-6-9(8-19)4-5-13(12)20-11-3-1-2-10(7-11)14(16,17)18/h1-7H,8,19H2. The summed E-state index contributed by atoms with van der Waals surface area (Å²) in [5.41, 5.74) is 5.65. The summed E-state index contributed by atoms with van der Waals surface area (Å²) >= 11 is 3.30. The van der Waals surface area contributed by atoms with Crippen LogP contribution in [0.1, 0.15) is 11.1 Å². The van der Waals surface area contributed by atoms with Crippen molar-refractivity contribution in [3.8, 4) is 11.5 Å². The molecule has 2 nitrogen and oxygen atoms in total. The van der Waals surface area contributed by atoms with Gasteiger partial charge in [-0.3, -0.25) is 0 Å². The number of rotatable bonds is 3. The van der Waals surface area contributed by atoms with Crippen LogP contribution in [0.5, 0.6) is 11.5 Å². The van der Waals surface area contributed by atoms with E-state index in [-0.39, 0.29) is 5.75 Å². The summed E-state index contributed by atoms with van der Waals surface area (Å²) in [5.74, 6) is 0.558. The average Bonchev–Trinajstić information content (AvgIpc) is 2.40. The fourth-order valence-corrected chi connectivity index (χ4v) is 2.12. The third-order valence-electron chi connectivity index (χ3n) is 2.62. The summed E-state index contributed by atoms with van der Waals surface area (Å²) in [5, 5.41) is 0. The first-order chi connectivity index (χ1) is 9.40. The van der Waals surface area contributed by atoms with Crippen molar-refractivity contribution in [2.24, 2.45) is 5.73 Å². The first-order valence-corrected chi connectivity index (χ1v) is 6.53. The van der Waals surface area contributed by atoms with Crippen LogP contribution in [0, 0.1) is 0 Å². The molecular weight excluding hydrogens is 335 g/mol. The van der Waals surface area contributed by atoms with E-state index in [1.807, 2.05) is 0 Å². The van der Waals surface area contributed by atoms with Gasteiger partial charge in [0.15, 0.2) is 0 Å². The quantitative estimate of drug-likeness (QED) is 0.873. The maximum absolute atomic E-state index is 12.6. The average molecular weight is 346 g/mol. The zero-order chi connectivity index (χ0) is 14.8. The fraction of sp³-hybridized carbons (Fsp3) is 0.143. The van der Waals surface area contributed by atoms with Crippen LogP contribution in [0.2, 0.25) is 0 Å². The molecule has 106 valence electrons. The topological polar surface area (TPSA) is 35.2 Å². The van der Waals surface area contributed by atoms with E-state index < -0.39 is 11.7 Å². The van der Waals surface area contributed by atoms with Crippen molar-refractivity contribution in [1.29, 1.82) is 0 Å². The first kappa shape index (κ1) is 14.9. The van der Waals surface area contributed by atoms with Crippen LogP contribution in [0.4, 0.5) is 13.2 Å². The minimum atomic E-state index is -4.39. The van der Waals surface area contributed by atoms with Gasteiger partial charge < -0.3 is 10.5 Å². The lowest BCUT2D eigenvalue weighted by Gasteiger charge is -2.11. The van der Waals surface area contributed by atoms with Crippen LogP contribution >= 0.6 is 15.9 Å². The SMILES string of the molecule is NCc1ccc(Oc2cccc(C(F)(F)F)c2)c(Br)c1. The summed E-state index contributed by atoms with van der Waals surface area (Å²) in [4.78, 5) is 0. The Balaban J connectivity index is 2.26. The number of halogens is 4. The maximum Gasteiger partial charge on any atom is 0.416 e. The lowest BCUT2D eigenvalue weighted by atomic mass is 10.2. The summed E-state index contributed by atoms with van der Waals surface area (Å²) in [7, 11) is 0. The number of hydrogen-bond acceptors (Lipinski definition) is 2. The second-order valence-corrected chi connectivity index (χ2v) is 4.95. The van der Waals surface area contributed by atoms with Gasteiger partial charge in [0.1, 0.15) is 11.5 Å². The number of nitrogens with two attached hydrogens (primary N) is 1. The fourth-order valence-electron chi connectivity index (χ4n) is 1.62. The van der Waals surface area contributed by atoms with Gasteiger partial charge in [0.2, 0.25) is 0 Å². The van der Waals surface area contributed by atoms with Crippen LogP contribution in [0.15, 0.2) is 46.9 Å². The number of ether oxygens (including phenoxy) is 1. The number of benzene rings is 2. The Kier molecular flexibility index (Phi) is 4.35. The van der Waals surface area contributed by atoms with Gasteiger partial charge in [-0.15, -0.1) is 0 Å². The molecule has 2 aromatic rings. The van der Waals surface area contributed by atoms with Crippen molar-refractivity contribution >= 4 is 15.9 Å². The molecule has 6 heteroatoms. The Morgan fingerprint density at radius 3 is 2.45 bits per heavy atom. The third kappa shape index (κ3) is 3.52. The van der Waals surface area contributed by atoms with Gasteiger partial charge in [-0.2, -0.15) is 13.2 Å². The van der Waals surface area contributed by atoms with Crippen molar-refractivity contribution in [1.82, 2.24) is 0 Å². The van der Waals surface area contributed by atoms with E-state index in [1.54, 1.807) is 18.2 Å². The molecule has 0 atom stereocenters. The van der Waals surface area contributed by atoms with Crippen LogP contribution in [-0.2, 0) is 12.7 Å². The van der Waals surface area contributed by atoms with E-state index in [4.69, 9.17) is 10.5 Å². The van der Waals surface area contributed by atoms with Gasteiger partial charge in [-0.05, 0) is 51.8 Å². The van der Waals surface area contributed by atoms with Gasteiger partial charge in [0.05, 0.1) is 10.0 Å². The molecule has 0 aliphatic rings. The van der Waals surface area contributed by atoms with Gasteiger partial charge >= 0.3 is 6.18 Å². The number of hydrogen-bond donors (Lipinski definition) is 1. The van der Waals surface area contributed by atoms with E-state index in [1.165, 1.54) is 12.1 Å². The van der Waals surface area contributed by atoms with Crippen LogP contribution in [0.3, 0.4) is 0 Å². The molecule has 0 saturated carbocycles. The molecule has 0 aliphatic carbocycles. The molecule has 0 aromatic heterocycles. The van der Waals surface area contributed by atoms with Crippen LogP contribution in [-0.4, -0.2) is 0 Å². The first-order valence-electron chi connectivity index (χ1n) is 5.74. The molecule has 2 N–H and O–H groups in total. The molecule has 0 heterocycles. The number of alkyl halides is 3. The van der Waals surface area contributed by atoms with Gasteiger partial charge in [-0.25, -0.2) is 0 Å². The third-order valence-corrected chi connectivity index (χ3v) is 3.24. The van der Waals surface area contributed by atoms with Gasteiger partial charge in [0.25, 0.3) is 0 Å². The lowest BCUT2D eigenvalue weighted by molar-refractivity contribution is -0.137. The Labute approximate surface area is 122 Å². The zero-order valence-electron chi connectivity index (χ0n) is 10.2. The Morgan fingerprint density at radius 1 is 1.10 bits per heavy atom. The minimum absolute atomic E-state index is 0.126. The van der Waals surface area contributed by atoms with Crippen molar-refractivity contribution in [3.05, 3.63) is 58.1 Å². The molecule has 0 bridgehead atoms. The highest BCUT2D eigenvalue weighted by Crippen LogP contribution is 2.34. The molecule has 0 aliphatic heterocycles. The molecule has 2 rings (SSSR count). The monoisotopic (exact) mass is 345 g/mol. The van der Waals surface area contributed by atoms with Crippen LogP contribution in [0.25, 0.3) is 0 Å². The van der Waals surface area contributed by atoms with Gasteiger partial charge in [-0.1, -0.05) is 12.1 Å². The summed E-state index contributed by atoms with van der Waals surface area (Å²) in [6.07, 6.45) is -4.39. The largest absolute Gasteiger partial charge is 0.456 e. The van der Waals surface area contributed by atoms with Crippen LogP contribution < -0.4 is 10.5 Å². The predicted octanol–water partition coefficient (Wildman–Crippen LogP) is 4.72. The zero-order valence-corrected chi connectivity index (χ0v) is 11.8. The molecular formula is C14H11BrF3NO. The van der Waals surface area contributed by atoms with E-state index >= 15 is 0 Å². The molecule has 0 radical (unpaired) electrons. The van der Waals surface area contributed by atoms with E-state index in [9.17, 15) is 13.2 Å². The molecule has 0 unspecified atom stereocenters. The normalized spacial score (nSPS) is 11.4. The molecule has 0 fully saturated rings. The van der Waals surface area contributed by atoms with Gasteiger partial charge in [0, 0.05) is 6.54 Å². The van der Waals surface area contributed by atoms with Crippen molar-refractivity contribution in [2.45, 2.75) is 12.7 Å². The maximum atomic E-state index is 12.6. The molecule has 0 saturated heterocycles. The summed E-state index contributed by atoms with van der Waals surface area (Å²) in [6, 6.07) is 9.92. The van der Waals surface area contributed by atoms with Crippen molar-refractivity contribution < 1.29 is 17.9 Å². The lowest BCUT2D eigenvalue weighted by Crippen LogP contribution is -2.04. The smallest absolute Gasteiger partial charge is 0.416 e. The van der Waals surface area contributed by atoms with E-state index in [0.29, 0.717) is 16.8 Å². The predicted molar refractivity (Wildman–Crippen MR) is 73.6 cm³/mol. The second kappa shape index (κ2) is 5.85. The molecule has 0 amide bonds. The molecule has 2 aromatic carbocycles. The minimum Gasteiger partial charge on any atom is -0.456 e. The van der Waals surface area contributed by atoms with Crippen molar-refractivity contribution in [2.75, 3.05) is 0 Å². The summed E-state index contributed by atoms with van der Waals surface area (Å²) in [6.45, 7) is 0.377. The van der Waals surface area contributed by atoms with E-state index in [2.05, 4.69) is 15.9 Å². The Bertz CT molecular complexity index is 614. The highest BCUT2D eigenvalue weighted by atomic mass is 79.9. The van der Waals surface area contributed by atoms with E-state index in [0.717, 1.165) is 17.7 Å². The summed E-state index contributed by atoms with van der Waals surface area (Å²) < 4.78 is 43.9. The Hall–Kier alpha value is -1.53. The second-order valence-electron chi connectivity index (χ2n) is 4.10. The Morgan fingerprint density at radius 2 is 1.85 bits per heavy atom. The highest BCUT2D eigenvalue weighted by Gasteiger charge is 2.30. The molecule has 20 heavy (non-hydrogen) atoms.